The average molecular weight is 339 g/mol. The van der Waals surface area contributed by atoms with Crippen LogP contribution in [-0.4, -0.2) is 36.1 Å². The molecule has 3 heteroatoms. The molecule has 0 bridgehead atoms. The maximum absolute atomic E-state index is 3.80. The third kappa shape index (κ3) is 4.87. The lowest BCUT2D eigenvalue weighted by Gasteiger charge is -2.36. The molecule has 1 saturated heterocycles. The first-order valence-electron chi connectivity index (χ1n) is 7.79. The van der Waals surface area contributed by atoms with E-state index in [0.29, 0.717) is 18.1 Å². The molecule has 0 aliphatic carbocycles. The fourth-order valence-electron chi connectivity index (χ4n) is 3.02. The van der Waals surface area contributed by atoms with E-state index in [0.717, 1.165) is 10.9 Å². The molecule has 0 saturated carbocycles. The second-order valence-corrected chi connectivity index (χ2v) is 7.22. The molecule has 2 nitrogen and oxygen atoms in total. The molecule has 1 unspecified atom stereocenters. The summed E-state index contributed by atoms with van der Waals surface area (Å²) in [5, 5.41) is 3.80. The van der Waals surface area contributed by atoms with Crippen LogP contribution in [-0.2, 0) is 6.42 Å². The van der Waals surface area contributed by atoms with Gasteiger partial charge in [0.15, 0.2) is 0 Å². The van der Waals surface area contributed by atoms with E-state index >= 15 is 0 Å². The van der Waals surface area contributed by atoms with Crippen molar-refractivity contribution in [2.75, 3.05) is 13.1 Å². The number of rotatable bonds is 5. The van der Waals surface area contributed by atoms with Crippen molar-refractivity contribution in [2.45, 2.75) is 58.2 Å². The van der Waals surface area contributed by atoms with E-state index in [9.17, 15) is 0 Å². The zero-order chi connectivity index (χ0) is 14.5. The van der Waals surface area contributed by atoms with Gasteiger partial charge in [-0.25, -0.2) is 0 Å². The van der Waals surface area contributed by atoms with Crippen molar-refractivity contribution in [3.05, 3.63) is 34.3 Å². The normalized spacial score (nSPS) is 19.4. The molecule has 2 rings (SSSR count). The van der Waals surface area contributed by atoms with Gasteiger partial charge in [0.1, 0.15) is 0 Å². The number of piperidine rings is 1. The molecule has 1 aliphatic rings. The van der Waals surface area contributed by atoms with Crippen molar-refractivity contribution in [3.63, 3.8) is 0 Å². The summed E-state index contributed by atoms with van der Waals surface area (Å²) in [6.45, 7) is 9.37. The van der Waals surface area contributed by atoms with Crippen molar-refractivity contribution in [1.29, 1.82) is 0 Å². The third-order valence-corrected chi connectivity index (χ3v) is 4.76. The lowest BCUT2D eigenvalue weighted by molar-refractivity contribution is 0.157. The number of hydrogen-bond acceptors (Lipinski definition) is 2. The van der Waals surface area contributed by atoms with Gasteiger partial charge in [0, 0.05) is 22.6 Å². The Morgan fingerprint density at radius 3 is 2.30 bits per heavy atom. The summed E-state index contributed by atoms with van der Waals surface area (Å²) >= 11 is 3.49. The number of nitrogens with one attached hydrogen (secondary N) is 1. The molecule has 0 radical (unpaired) electrons. The number of likely N-dealkylation sites (tertiary alicyclic amines) is 1. The number of hydrogen-bond donors (Lipinski definition) is 1. The van der Waals surface area contributed by atoms with E-state index in [1.54, 1.807) is 0 Å². The summed E-state index contributed by atoms with van der Waals surface area (Å²) < 4.78 is 1.16. The van der Waals surface area contributed by atoms with Crippen LogP contribution in [0.5, 0.6) is 0 Å². The molecule has 1 aromatic carbocycles. The van der Waals surface area contributed by atoms with Crippen LogP contribution in [0.1, 0.15) is 39.2 Å². The summed E-state index contributed by atoms with van der Waals surface area (Å²) in [7, 11) is 0. The van der Waals surface area contributed by atoms with E-state index in [4.69, 9.17) is 0 Å². The summed E-state index contributed by atoms with van der Waals surface area (Å²) in [6.07, 6.45) is 3.67. The van der Waals surface area contributed by atoms with Crippen LogP contribution >= 0.6 is 15.9 Å². The van der Waals surface area contributed by atoms with Crippen molar-refractivity contribution < 1.29 is 0 Å². The Bertz CT molecular complexity index is 394. The van der Waals surface area contributed by atoms with Gasteiger partial charge in [0.05, 0.1) is 0 Å². The van der Waals surface area contributed by atoms with Crippen LogP contribution in [0, 0.1) is 0 Å². The van der Waals surface area contributed by atoms with Crippen LogP contribution in [0.25, 0.3) is 0 Å². The largest absolute Gasteiger partial charge is 0.311 e. The maximum Gasteiger partial charge on any atom is 0.0175 e. The Labute approximate surface area is 132 Å². The molecule has 1 aromatic rings. The molecule has 1 aliphatic heterocycles. The smallest absolute Gasteiger partial charge is 0.0175 e. The first-order chi connectivity index (χ1) is 9.54. The van der Waals surface area contributed by atoms with Crippen LogP contribution in [0.4, 0.5) is 0 Å². The highest BCUT2D eigenvalue weighted by atomic mass is 79.9. The molecule has 1 heterocycles. The second-order valence-electron chi connectivity index (χ2n) is 6.30. The molecule has 112 valence electrons. The fourth-order valence-corrected chi connectivity index (χ4v) is 3.28. The highest BCUT2D eigenvalue weighted by Crippen LogP contribution is 2.15. The summed E-state index contributed by atoms with van der Waals surface area (Å²) in [5.74, 6) is 0. The quantitative estimate of drug-likeness (QED) is 0.877. The van der Waals surface area contributed by atoms with Crippen molar-refractivity contribution >= 4 is 15.9 Å². The molecule has 1 N–H and O–H groups in total. The number of benzene rings is 1. The van der Waals surface area contributed by atoms with Gasteiger partial charge in [-0.15, -0.1) is 0 Å². The van der Waals surface area contributed by atoms with Gasteiger partial charge in [-0.2, -0.15) is 0 Å². The molecular weight excluding hydrogens is 312 g/mol. The standard InChI is InChI=1S/C17H27BrN2/c1-13(2)20-10-8-17(9-11-20)19-14(3)12-15-4-6-16(18)7-5-15/h4-7,13-14,17,19H,8-12H2,1-3H3. The van der Waals surface area contributed by atoms with Gasteiger partial charge in [0.2, 0.25) is 0 Å². The van der Waals surface area contributed by atoms with Gasteiger partial charge in [0.25, 0.3) is 0 Å². The third-order valence-electron chi connectivity index (χ3n) is 4.24. The van der Waals surface area contributed by atoms with E-state index < -0.39 is 0 Å². The Morgan fingerprint density at radius 2 is 1.75 bits per heavy atom. The zero-order valence-corrected chi connectivity index (χ0v) is 14.5. The minimum atomic E-state index is 0.548. The average Bonchev–Trinajstić information content (AvgIpc) is 2.42. The molecular formula is C17H27BrN2. The Hall–Kier alpha value is -0.380. The van der Waals surface area contributed by atoms with Crippen LogP contribution in [0.3, 0.4) is 0 Å². The van der Waals surface area contributed by atoms with E-state index in [1.165, 1.54) is 31.5 Å². The Morgan fingerprint density at radius 1 is 1.15 bits per heavy atom. The first-order valence-corrected chi connectivity index (χ1v) is 8.58. The lowest BCUT2D eigenvalue weighted by atomic mass is 10.0. The number of halogens is 1. The van der Waals surface area contributed by atoms with Crippen LogP contribution < -0.4 is 5.32 Å². The molecule has 0 aromatic heterocycles. The van der Waals surface area contributed by atoms with E-state index in [-0.39, 0.29) is 0 Å². The summed E-state index contributed by atoms with van der Waals surface area (Å²) in [5.41, 5.74) is 1.41. The van der Waals surface area contributed by atoms with Gasteiger partial charge in [-0.1, -0.05) is 28.1 Å². The molecule has 0 spiro atoms. The van der Waals surface area contributed by atoms with Gasteiger partial charge >= 0.3 is 0 Å². The Kier molecular flexibility index (Phi) is 6.06. The topological polar surface area (TPSA) is 15.3 Å². The lowest BCUT2D eigenvalue weighted by Crippen LogP contribution is -2.47. The SMILES string of the molecule is CC(Cc1ccc(Br)cc1)NC1CCN(C(C)C)CC1. The fraction of sp³-hybridized carbons (Fsp3) is 0.647. The van der Waals surface area contributed by atoms with Crippen LogP contribution in [0.2, 0.25) is 0 Å². The predicted molar refractivity (Wildman–Crippen MR) is 90.2 cm³/mol. The van der Waals surface area contributed by atoms with Gasteiger partial charge < -0.3 is 10.2 Å². The minimum Gasteiger partial charge on any atom is -0.311 e. The summed E-state index contributed by atoms with van der Waals surface area (Å²) in [6, 6.07) is 10.6. The molecule has 20 heavy (non-hydrogen) atoms. The van der Waals surface area contributed by atoms with Crippen molar-refractivity contribution in [2.24, 2.45) is 0 Å². The predicted octanol–water partition coefficient (Wildman–Crippen LogP) is 3.84. The molecule has 1 fully saturated rings. The zero-order valence-electron chi connectivity index (χ0n) is 12.9. The first kappa shape index (κ1) is 16.0. The number of nitrogens with zero attached hydrogens (tertiary/aromatic N) is 1. The minimum absolute atomic E-state index is 0.548. The highest BCUT2D eigenvalue weighted by molar-refractivity contribution is 9.10. The van der Waals surface area contributed by atoms with Crippen molar-refractivity contribution in [3.8, 4) is 0 Å². The highest BCUT2D eigenvalue weighted by Gasteiger charge is 2.21. The van der Waals surface area contributed by atoms with E-state index in [2.05, 4.69) is 71.2 Å². The maximum atomic E-state index is 3.80. The monoisotopic (exact) mass is 338 g/mol. The van der Waals surface area contributed by atoms with Gasteiger partial charge in [-0.05, 0) is 70.8 Å². The second kappa shape index (κ2) is 7.58. The van der Waals surface area contributed by atoms with Crippen LogP contribution in [0.15, 0.2) is 28.7 Å². The Balaban J connectivity index is 1.75. The van der Waals surface area contributed by atoms with Gasteiger partial charge in [-0.3, -0.25) is 0 Å². The van der Waals surface area contributed by atoms with Crippen molar-refractivity contribution in [1.82, 2.24) is 10.2 Å². The molecule has 0 amide bonds. The summed E-state index contributed by atoms with van der Waals surface area (Å²) in [4.78, 5) is 2.58. The molecule has 1 atom stereocenters. The van der Waals surface area contributed by atoms with E-state index in [1.807, 2.05) is 0 Å².